The van der Waals surface area contributed by atoms with Crippen molar-refractivity contribution in [1.29, 1.82) is 0 Å². The fourth-order valence-corrected chi connectivity index (χ4v) is 3.19. The molecule has 0 aromatic heterocycles. The summed E-state index contributed by atoms with van der Waals surface area (Å²) in [6.07, 6.45) is 4.18. The van der Waals surface area contributed by atoms with E-state index in [1.807, 2.05) is 31.2 Å². The van der Waals surface area contributed by atoms with Gasteiger partial charge in [0.25, 0.3) is 0 Å². The molecule has 2 nitrogen and oxygen atoms in total. The molecular formula is C18H25ClO2. The smallest absolute Gasteiger partial charge is 0.168 e. The van der Waals surface area contributed by atoms with Gasteiger partial charge in [-0.3, -0.25) is 4.79 Å². The molecule has 1 aliphatic carbocycles. The van der Waals surface area contributed by atoms with Crippen LogP contribution in [-0.4, -0.2) is 18.0 Å². The van der Waals surface area contributed by atoms with Gasteiger partial charge < -0.3 is 4.74 Å². The first kappa shape index (κ1) is 16.5. The van der Waals surface area contributed by atoms with Crippen LogP contribution >= 0.6 is 11.6 Å². The quantitative estimate of drug-likeness (QED) is 0.779. The number of ketones is 1. The summed E-state index contributed by atoms with van der Waals surface area (Å²) in [6, 6.07) is 7.52. The molecule has 1 aliphatic rings. The van der Waals surface area contributed by atoms with Crippen LogP contribution in [0.1, 0.15) is 52.0 Å². The molecule has 2 rings (SSSR count). The number of carbonyl (C=O) groups excluding carboxylic acids is 1. The summed E-state index contributed by atoms with van der Waals surface area (Å²) in [5.41, 5.74) is 0.749. The summed E-state index contributed by atoms with van der Waals surface area (Å²) in [5, 5.41) is 0.699. The van der Waals surface area contributed by atoms with Gasteiger partial charge in [-0.05, 0) is 55.7 Å². The highest BCUT2D eigenvalue weighted by atomic mass is 35.5. The fraction of sp³-hybridized carbons (Fsp3) is 0.611. The van der Waals surface area contributed by atoms with Crippen molar-refractivity contribution < 1.29 is 9.53 Å². The van der Waals surface area contributed by atoms with E-state index in [1.165, 1.54) is 0 Å². The van der Waals surface area contributed by atoms with E-state index in [0.29, 0.717) is 23.5 Å². The van der Waals surface area contributed by atoms with Gasteiger partial charge in [0.2, 0.25) is 0 Å². The second-order valence-electron chi connectivity index (χ2n) is 6.82. The van der Waals surface area contributed by atoms with Gasteiger partial charge in [-0.2, -0.15) is 0 Å². The molecule has 1 fully saturated rings. The van der Waals surface area contributed by atoms with Crippen LogP contribution in [0.3, 0.4) is 0 Å². The zero-order valence-corrected chi connectivity index (χ0v) is 14.0. The second kappa shape index (κ2) is 6.50. The van der Waals surface area contributed by atoms with Gasteiger partial charge in [0, 0.05) is 18.1 Å². The van der Waals surface area contributed by atoms with Crippen molar-refractivity contribution in [3.05, 3.63) is 34.9 Å². The maximum Gasteiger partial charge on any atom is 0.168 e. The molecule has 3 heteroatoms. The third-order valence-electron chi connectivity index (χ3n) is 4.62. The Morgan fingerprint density at radius 3 is 2.24 bits per heavy atom. The SMILES string of the molecule is CCOC1(C(=O)Cc2ccc(Cl)cc2)CCC(C)(C)CC1. The van der Waals surface area contributed by atoms with Crippen molar-refractivity contribution in [2.75, 3.05) is 6.61 Å². The Labute approximate surface area is 132 Å². The number of ether oxygens (including phenoxy) is 1. The molecule has 21 heavy (non-hydrogen) atoms. The minimum Gasteiger partial charge on any atom is -0.367 e. The Morgan fingerprint density at radius 1 is 1.14 bits per heavy atom. The van der Waals surface area contributed by atoms with E-state index in [1.54, 1.807) is 0 Å². The molecule has 0 aliphatic heterocycles. The zero-order chi connectivity index (χ0) is 15.5. The van der Waals surface area contributed by atoms with Gasteiger partial charge in [0.05, 0.1) is 0 Å². The molecule has 1 saturated carbocycles. The van der Waals surface area contributed by atoms with E-state index in [4.69, 9.17) is 16.3 Å². The van der Waals surface area contributed by atoms with Crippen LogP contribution in [0.4, 0.5) is 0 Å². The number of hydrogen-bond acceptors (Lipinski definition) is 2. The minimum absolute atomic E-state index is 0.210. The Balaban J connectivity index is 2.11. The van der Waals surface area contributed by atoms with Crippen molar-refractivity contribution in [1.82, 2.24) is 0 Å². The predicted octanol–water partition coefficient (Wildman–Crippen LogP) is 4.83. The second-order valence-corrected chi connectivity index (χ2v) is 7.25. The largest absolute Gasteiger partial charge is 0.367 e. The van der Waals surface area contributed by atoms with Crippen molar-refractivity contribution in [3.8, 4) is 0 Å². The standard InChI is InChI=1S/C18H25ClO2/c1-4-21-18(11-9-17(2,3)10-12-18)16(20)13-14-5-7-15(19)8-6-14/h5-8H,4,9-13H2,1-3H3. The van der Waals surface area contributed by atoms with Gasteiger partial charge in [-0.15, -0.1) is 0 Å². The molecule has 0 heterocycles. The molecule has 0 spiro atoms. The summed E-state index contributed by atoms with van der Waals surface area (Å²) in [4.78, 5) is 12.8. The fourth-order valence-electron chi connectivity index (χ4n) is 3.06. The third kappa shape index (κ3) is 4.08. The highest BCUT2D eigenvalue weighted by molar-refractivity contribution is 6.30. The average Bonchev–Trinajstić information content (AvgIpc) is 2.44. The molecule has 0 N–H and O–H groups in total. The highest BCUT2D eigenvalue weighted by Gasteiger charge is 2.44. The predicted molar refractivity (Wildman–Crippen MR) is 86.8 cm³/mol. The molecule has 0 atom stereocenters. The number of halogens is 1. The summed E-state index contributed by atoms with van der Waals surface area (Å²) in [7, 11) is 0. The van der Waals surface area contributed by atoms with Crippen molar-refractivity contribution in [2.24, 2.45) is 5.41 Å². The van der Waals surface area contributed by atoms with Gasteiger partial charge in [0.1, 0.15) is 5.60 Å². The molecule has 0 bridgehead atoms. The molecule has 0 amide bonds. The Kier molecular flexibility index (Phi) is 5.11. The molecule has 0 saturated heterocycles. The molecule has 1 aromatic carbocycles. The van der Waals surface area contributed by atoms with E-state index in [2.05, 4.69) is 13.8 Å². The van der Waals surface area contributed by atoms with Crippen LogP contribution in [0.15, 0.2) is 24.3 Å². The first-order valence-electron chi connectivity index (χ1n) is 7.79. The molecule has 116 valence electrons. The number of benzene rings is 1. The molecular weight excluding hydrogens is 284 g/mol. The minimum atomic E-state index is -0.579. The first-order valence-corrected chi connectivity index (χ1v) is 8.16. The van der Waals surface area contributed by atoms with Crippen LogP contribution in [0.5, 0.6) is 0 Å². The summed E-state index contributed by atoms with van der Waals surface area (Å²) in [5.74, 6) is 0.210. The van der Waals surface area contributed by atoms with Gasteiger partial charge in [-0.1, -0.05) is 37.6 Å². The van der Waals surface area contributed by atoms with E-state index >= 15 is 0 Å². The Hall–Kier alpha value is -0.860. The lowest BCUT2D eigenvalue weighted by atomic mass is 9.69. The monoisotopic (exact) mass is 308 g/mol. The maximum atomic E-state index is 12.8. The van der Waals surface area contributed by atoms with Crippen LogP contribution in [0.2, 0.25) is 5.02 Å². The number of rotatable bonds is 5. The molecule has 1 aromatic rings. The lowest BCUT2D eigenvalue weighted by molar-refractivity contribution is -0.151. The number of Topliss-reactive ketones (excluding diaryl/α,β-unsaturated/α-hetero) is 1. The van der Waals surface area contributed by atoms with E-state index < -0.39 is 5.60 Å². The number of carbonyl (C=O) groups is 1. The summed E-state index contributed by atoms with van der Waals surface area (Å²) >= 11 is 5.90. The van der Waals surface area contributed by atoms with Crippen LogP contribution in [0.25, 0.3) is 0 Å². The van der Waals surface area contributed by atoms with Gasteiger partial charge in [-0.25, -0.2) is 0 Å². The van der Waals surface area contributed by atoms with Crippen molar-refractivity contribution >= 4 is 17.4 Å². The van der Waals surface area contributed by atoms with Crippen molar-refractivity contribution in [2.45, 2.75) is 58.5 Å². The van der Waals surface area contributed by atoms with E-state index in [9.17, 15) is 4.79 Å². The summed E-state index contributed by atoms with van der Waals surface area (Å²) < 4.78 is 5.95. The van der Waals surface area contributed by atoms with Crippen LogP contribution < -0.4 is 0 Å². The molecule has 0 unspecified atom stereocenters. The van der Waals surface area contributed by atoms with E-state index in [-0.39, 0.29) is 5.78 Å². The lowest BCUT2D eigenvalue weighted by Crippen LogP contribution is -2.47. The molecule has 0 radical (unpaired) electrons. The Morgan fingerprint density at radius 2 is 1.71 bits per heavy atom. The summed E-state index contributed by atoms with van der Waals surface area (Å²) in [6.45, 7) is 7.10. The first-order chi connectivity index (χ1) is 9.87. The third-order valence-corrected chi connectivity index (χ3v) is 4.87. The Bertz CT molecular complexity index is 480. The topological polar surface area (TPSA) is 26.3 Å². The zero-order valence-electron chi connectivity index (χ0n) is 13.2. The van der Waals surface area contributed by atoms with Crippen LogP contribution in [0, 0.1) is 5.41 Å². The average molecular weight is 309 g/mol. The number of hydrogen-bond donors (Lipinski definition) is 0. The highest BCUT2D eigenvalue weighted by Crippen LogP contribution is 2.42. The van der Waals surface area contributed by atoms with Gasteiger partial charge in [0.15, 0.2) is 5.78 Å². The van der Waals surface area contributed by atoms with Crippen LogP contribution in [-0.2, 0) is 16.0 Å². The van der Waals surface area contributed by atoms with Crippen molar-refractivity contribution in [3.63, 3.8) is 0 Å². The van der Waals surface area contributed by atoms with Gasteiger partial charge >= 0.3 is 0 Å². The lowest BCUT2D eigenvalue weighted by Gasteiger charge is -2.42. The normalized spacial score (nSPS) is 20.2. The maximum absolute atomic E-state index is 12.8. The van der Waals surface area contributed by atoms with E-state index in [0.717, 1.165) is 31.2 Å².